The van der Waals surface area contributed by atoms with Gasteiger partial charge in [-0.15, -0.1) is 0 Å². The number of fused-ring (bicyclic) bond motifs is 1. The van der Waals surface area contributed by atoms with Crippen molar-refractivity contribution in [2.45, 2.75) is 57.4 Å². The molecule has 2 aromatic rings. The van der Waals surface area contributed by atoms with Crippen LogP contribution in [0.25, 0.3) is 0 Å². The molecule has 1 atom stereocenters. The van der Waals surface area contributed by atoms with Crippen LogP contribution in [0, 0.1) is 5.92 Å². The Morgan fingerprint density at radius 3 is 2.45 bits per heavy atom. The molecular formula is C23H29N3O4S. The maximum Gasteiger partial charge on any atom is 0.242 e. The molecule has 166 valence electrons. The van der Waals surface area contributed by atoms with Crippen LogP contribution >= 0.6 is 0 Å². The van der Waals surface area contributed by atoms with E-state index in [1.165, 1.54) is 6.07 Å². The predicted octanol–water partition coefficient (Wildman–Crippen LogP) is 3.47. The van der Waals surface area contributed by atoms with Gasteiger partial charge in [0.25, 0.3) is 0 Å². The molecule has 8 heteroatoms. The third-order valence-corrected chi connectivity index (χ3v) is 6.81. The number of amides is 2. The molecule has 0 saturated carbocycles. The van der Waals surface area contributed by atoms with Gasteiger partial charge in [0.15, 0.2) is 0 Å². The number of benzene rings is 2. The lowest BCUT2D eigenvalue weighted by atomic mass is 10.0. The normalized spacial score (nSPS) is 15.0. The van der Waals surface area contributed by atoms with Crippen LogP contribution in [0.2, 0.25) is 0 Å². The molecule has 0 aliphatic carbocycles. The highest BCUT2D eigenvalue weighted by atomic mass is 32.2. The second kappa shape index (κ2) is 9.62. The Hall–Kier alpha value is -2.71. The van der Waals surface area contributed by atoms with Crippen LogP contribution in [0.1, 0.15) is 44.7 Å². The molecule has 2 aromatic carbocycles. The van der Waals surface area contributed by atoms with Crippen molar-refractivity contribution >= 4 is 33.2 Å². The monoisotopic (exact) mass is 443 g/mol. The SMILES string of the molecule is CCc1ccc(NC(=O)[C@H](NS(=O)(=O)c2ccc3c(c2)CCCC(=O)N3)C(C)C)cc1. The van der Waals surface area contributed by atoms with Gasteiger partial charge in [-0.3, -0.25) is 9.59 Å². The molecule has 0 saturated heterocycles. The number of hydrogen-bond donors (Lipinski definition) is 3. The van der Waals surface area contributed by atoms with Crippen molar-refractivity contribution in [3.8, 4) is 0 Å². The summed E-state index contributed by atoms with van der Waals surface area (Å²) in [5.41, 5.74) is 3.18. The fourth-order valence-electron chi connectivity index (χ4n) is 3.49. The average Bonchev–Trinajstić information content (AvgIpc) is 2.92. The number of carbonyl (C=O) groups is 2. The standard InChI is InChI=1S/C23H29N3O4S/c1-4-16-8-10-18(11-9-16)24-23(28)22(15(2)3)26-31(29,30)19-12-13-20-17(14-19)6-5-7-21(27)25-20/h8-15,22,26H,4-7H2,1-3H3,(H,24,28)(H,25,27)/t22-/m1/s1. The van der Waals surface area contributed by atoms with Crippen LogP contribution in [-0.2, 0) is 32.5 Å². The van der Waals surface area contributed by atoms with Crippen molar-refractivity contribution in [1.29, 1.82) is 0 Å². The molecule has 1 aliphatic rings. The van der Waals surface area contributed by atoms with Gasteiger partial charge in [0.05, 0.1) is 4.90 Å². The first-order chi connectivity index (χ1) is 14.7. The number of sulfonamides is 1. The van der Waals surface area contributed by atoms with Gasteiger partial charge in [0.2, 0.25) is 21.8 Å². The van der Waals surface area contributed by atoms with Gasteiger partial charge >= 0.3 is 0 Å². The molecule has 0 spiro atoms. The molecule has 7 nitrogen and oxygen atoms in total. The topological polar surface area (TPSA) is 104 Å². The summed E-state index contributed by atoms with van der Waals surface area (Å²) in [5, 5.41) is 5.59. The third kappa shape index (κ3) is 5.71. The molecule has 0 fully saturated rings. The minimum atomic E-state index is -3.93. The summed E-state index contributed by atoms with van der Waals surface area (Å²) >= 11 is 0. The second-order valence-corrected chi connectivity index (χ2v) is 9.82. The van der Waals surface area contributed by atoms with Gasteiger partial charge in [-0.1, -0.05) is 32.9 Å². The second-order valence-electron chi connectivity index (χ2n) is 8.10. The van der Waals surface area contributed by atoms with Gasteiger partial charge in [-0.05, 0) is 66.6 Å². The summed E-state index contributed by atoms with van der Waals surface area (Å²) in [5.74, 6) is -0.745. The Morgan fingerprint density at radius 2 is 1.81 bits per heavy atom. The van der Waals surface area contributed by atoms with Crippen molar-refractivity contribution in [3.05, 3.63) is 53.6 Å². The Bertz CT molecular complexity index is 1060. The number of rotatable bonds is 7. The number of aryl methyl sites for hydroxylation is 2. The first-order valence-corrected chi connectivity index (χ1v) is 12.0. The quantitative estimate of drug-likeness (QED) is 0.609. The maximum atomic E-state index is 13.0. The number of nitrogens with one attached hydrogen (secondary N) is 3. The van der Waals surface area contributed by atoms with E-state index in [1.54, 1.807) is 26.0 Å². The Balaban J connectivity index is 1.78. The Kier molecular flexibility index (Phi) is 7.12. The zero-order chi connectivity index (χ0) is 22.6. The minimum Gasteiger partial charge on any atom is -0.326 e. The summed E-state index contributed by atoms with van der Waals surface area (Å²) < 4.78 is 28.6. The molecule has 0 unspecified atom stereocenters. The average molecular weight is 444 g/mol. The van der Waals surface area contributed by atoms with Gasteiger partial charge < -0.3 is 10.6 Å². The predicted molar refractivity (Wildman–Crippen MR) is 121 cm³/mol. The number of carbonyl (C=O) groups excluding carboxylic acids is 2. The molecule has 0 radical (unpaired) electrons. The summed E-state index contributed by atoms with van der Waals surface area (Å²) in [6.07, 6.45) is 2.57. The third-order valence-electron chi connectivity index (χ3n) is 5.37. The van der Waals surface area contributed by atoms with E-state index in [-0.39, 0.29) is 16.7 Å². The molecule has 0 aromatic heterocycles. The van der Waals surface area contributed by atoms with Gasteiger partial charge in [0.1, 0.15) is 6.04 Å². The highest BCUT2D eigenvalue weighted by Gasteiger charge is 2.29. The van der Waals surface area contributed by atoms with E-state index in [0.29, 0.717) is 30.6 Å². The first-order valence-electron chi connectivity index (χ1n) is 10.5. The molecule has 2 amide bonds. The van der Waals surface area contributed by atoms with Crippen molar-refractivity contribution < 1.29 is 18.0 Å². The van der Waals surface area contributed by atoms with E-state index in [4.69, 9.17) is 0 Å². The van der Waals surface area contributed by atoms with E-state index in [1.807, 2.05) is 31.2 Å². The molecule has 3 rings (SSSR count). The summed E-state index contributed by atoms with van der Waals surface area (Å²) in [6.45, 7) is 5.63. The summed E-state index contributed by atoms with van der Waals surface area (Å²) in [7, 11) is -3.93. The summed E-state index contributed by atoms with van der Waals surface area (Å²) in [4.78, 5) is 24.6. The van der Waals surface area contributed by atoms with Crippen LogP contribution in [0.4, 0.5) is 11.4 Å². The molecule has 3 N–H and O–H groups in total. The molecule has 31 heavy (non-hydrogen) atoms. The maximum absolute atomic E-state index is 13.0. The van der Waals surface area contributed by atoms with E-state index < -0.39 is 22.0 Å². The molecule has 0 bridgehead atoms. The summed E-state index contributed by atoms with van der Waals surface area (Å²) in [6, 6.07) is 11.2. The smallest absolute Gasteiger partial charge is 0.242 e. The van der Waals surface area contributed by atoms with Crippen molar-refractivity contribution in [1.82, 2.24) is 4.72 Å². The fraction of sp³-hybridized carbons (Fsp3) is 0.391. The van der Waals surface area contributed by atoms with Crippen LogP contribution in [0.15, 0.2) is 47.4 Å². The Labute approximate surface area is 183 Å². The van der Waals surface area contributed by atoms with Crippen LogP contribution in [0.3, 0.4) is 0 Å². The lowest BCUT2D eigenvalue weighted by Crippen LogP contribution is -2.47. The molecule has 1 aliphatic heterocycles. The van der Waals surface area contributed by atoms with Crippen molar-refractivity contribution in [2.24, 2.45) is 5.92 Å². The van der Waals surface area contributed by atoms with Crippen LogP contribution in [-0.4, -0.2) is 26.3 Å². The largest absolute Gasteiger partial charge is 0.326 e. The van der Waals surface area contributed by atoms with E-state index in [0.717, 1.165) is 17.5 Å². The number of anilines is 2. The van der Waals surface area contributed by atoms with Gasteiger partial charge in [-0.25, -0.2) is 8.42 Å². The Morgan fingerprint density at radius 1 is 1.10 bits per heavy atom. The van der Waals surface area contributed by atoms with Crippen LogP contribution in [0.5, 0.6) is 0 Å². The van der Waals surface area contributed by atoms with Gasteiger partial charge in [0, 0.05) is 17.8 Å². The lowest BCUT2D eigenvalue weighted by Gasteiger charge is -2.22. The zero-order valence-electron chi connectivity index (χ0n) is 18.1. The van der Waals surface area contributed by atoms with Crippen molar-refractivity contribution in [3.63, 3.8) is 0 Å². The zero-order valence-corrected chi connectivity index (χ0v) is 18.9. The molecular weight excluding hydrogens is 414 g/mol. The van der Waals surface area contributed by atoms with E-state index in [9.17, 15) is 18.0 Å². The lowest BCUT2D eigenvalue weighted by molar-refractivity contribution is -0.118. The molecule has 1 heterocycles. The highest BCUT2D eigenvalue weighted by molar-refractivity contribution is 7.89. The minimum absolute atomic E-state index is 0.0732. The van der Waals surface area contributed by atoms with E-state index in [2.05, 4.69) is 15.4 Å². The van der Waals surface area contributed by atoms with Crippen LogP contribution < -0.4 is 15.4 Å². The van der Waals surface area contributed by atoms with E-state index >= 15 is 0 Å². The first kappa shape index (κ1) is 23.0. The number of hydrogen-bond acceptors (Lipinski definition) is 4. The van der Waals surface area contributed by atoms with Crippen molar-refractivity contribution in [2.75, 3.05) is 10.6 Å². The fourth-order valence-corrected chi connectivity index (χ4v) is 4.88. The van der Waals surface area contributed by atoms with Gasteiger partial charge in [-0.2, -0.15) is 4.72 Å². The highest BCUT2D eigenvalue weighted by Crippen LogP contribution is 2.25.